The standard InChI is InChI=1S/C16H14N2O6S2/c17-24-23-11-7-5-10(6-8-11)16(26(20,21)22)13(19)9-15-18-12-3-1-2-4-14(12)25-15/h1-8,16H,9,17H2,(H,20,21,22). The van der Waals surface area contributed by atoms with Gasteiger partial charge in [0.15, 0.2) is 16.8 Å². The second-order valence-electron chi connectivity index (χ2n) is 5.36. The molecule has 1 unspecified atom stereocenters. The molecule has 8 nitrogen and oxygen atoms in total. The number of rotatable bonds is 7. The molecule has 0 spiro atoms. The Kier molecular flexibility index (Phi) is 5.30. The Balaban J connectivity index is 1.88. The minimum Gasteiger partial charge on any atom is -0.320 e. The Morgan fingerprint density at radius 2 is 1.88 bits per heavy atom. The largest absolute Gasteiger partial charge is 0.320 e. The summed E-state index contributed by atoms with van der Waals surface area (Å²) in [6.45, 7) is 0. The van der Waals surface area contributed by atoms with E-state index in [1.54, 1.807) is 6.07 Å². The number of hydrogen-bond acceptors (Lipinski definition) is 8. The number of Topliss-reactive ketones (excluding diaryl/α,β-unsaturated/α-hetero) is 1. The Morgan fingerprint density at radius 3 is 2.50 bits per heavy atom. The van der Waals surface area contributed by atoms with Crippen LogP contribution in [0, 0.1) is 0 Å². The van der Waals surface area contributed by atoms with Gasteiger partial charge in [-0.1, -0.05) is 29.3 Å². The number of nitrogens with two attached hydrogens (primary N) is 1. The van der Waals surface area contributed by atoms with E-state index in [0.29, 0.717) is 5.01 Å². The van der Waals surface area contributed by atoms with Crippen LogP contribution in [0.2, 0.25) is 0 Å². The molecule has 0 amide bonds. The number of hydrogen-bond donors (Lipinski definition) is 2. The van der Waals surface area contributed by atoms with Crippen molar-refractivity contribution in [2.75, 3.05) is 0 Å². The second-order valence-corrected chi connectivity index (χ2v) is 7.98. The molecule has 1 heterocycles. The maximum absolute atomic E-state index is 12.6. The van der Waals surface area contributed by atoms with E-state index in [1.165, 1.54) is 35.6 Å². The van der Waals surface area contributed by atoms with E-state index < -0.39 is 21.2 Å². The number of thiazole rings is 1. The summed E-state index contributed by atoms with van der Waals surface area (Å²) in [5.41, 5.74) is 0.829. The summed E-state index contributed by atoms with van der Waals surface area (Å²) in [6.07, 6.45) is -0.214. The van der Waals surface area contributed by atoms with Gasteiger partial charge in [0.2, 0.25) is 0 Å². The minimum absolute atomic E-state index is 0.1000. The quantitative estimate of drug-likeness (QED) is 0.354. The van der Waals surface area contributed by atoms with Crippen molar-refractivity contribution in [2.45, 2.75) is 11.7 Å². The van der Waals surface area contributed by atoms with E-state index in [4.69, 9.17) is 5.90 Å². The zero-order chi connectivity index (χ0) is 18.7. The van der Waals surface area contributed by atoms with Crippen LogP contribution in [0.3, 0.4) is 0 Å². The first kappa shape index (κ1) is 18.4. The molecule has 3 aromatic rings. The van der Waals surface area contributed by atoms with Crippen LogP contribution in [0.4, 0.5) is 0 Å². The third-order valence-corrected chi connectivity index (χ3v) is 5.75. The maximum atomic E-state index is 12.6. The number of carbonyl (C=O) groups excluding carboxylic acids is 1. The summed E-state index contributed by atoms with van der Waals surface area (Å²) in [5, 5.41) is -1.25. The molecule has 0 saturated heterocycles. The minimum atomic E-state index is -4.66. The molecule has 3 N–H and O–H groups in total. The molecule has 2 aromatic carbocycles. The zero-order valence-corrected chi connectivity index (χ0v) is 14.9. The number of ketones is 1. The summed E-state index contributed by atoms with van der Waals surface area (Å²) in [7, 11) is -4.66. The van der Waals surface area contributed by atoms with Crippen LogP contribution >= 0.6 is 11.3 Å². The van der Waals surface area contributed by atoms with Gasteiger partial charge in [-0.05, 0) is 29.8 Å². The molecule has 136 valence electrons. The summed E-state index contributed by atoms with van der Waals surface area (Å²) in [5.74, 6) is 4.30. The van der Waals surface area contributed by atoms with Crippen LogP contribution in [0.15, 0.2) is 48.5 Å². The van der Waals surface area contributed by atoms with Crippen LogP contribution in [0.25, 0.3) is 10.2 Å². The molecule has 0 radical (unpaired) electrons. The SMILES string of the molecule is NOOc1ccc(C(C(=O)Cc2nc3ccccc3s2)S(=O)(=O)O)cc1. The molecular weight excluding hydrogens is 380 g/mol. The number of fused-ring (bicyclic) bond motifs is 1. The molecule has 3 rings (SSSR count). The Labute approximate surface area is 152 Å². The first-order valence-electron chi connectivity index (χ1n) is 7.35. The highest BCUT2D eigenvalue weighted by Gasteiger charge is 2.33. The number of benzene rings is 2. The number of nitrogens with zero attached hydrogens (tertiary/aromatic N) is 1. The van der Waals surface area contributed by atoms with Gasteiger partial charge in [-0.3, -0.25) is 9.35 Å². The average molecular weight is 394 g/mol. The lowest BCUT2D eigenvalue weighted by atomic mass is 10.1. The van der Waals surface area contributed by atoms with Gasteiger partial charge in [0, 0.05) is 0 Å². The molecule has 1 aromatic heterocycles. The van der Waals surface area contributed by atoms with Gasteiger partial charge >= 0.3 is 0 Å². The Morgan fingerprint density at radius 1 is 1.19 bits per heavy atom. The lowest BCUT2D eigenvalue weighted by Gasteiger charge is -2.13. The smallest absolute Gasteiger partial charge is 0.279 e. The summed E-state index contributed by atoms with van der Waals surface area (Å²) in [6, 6.07) is 12.7. The van der Waals surface area contributed by atoms with Crippen molar-refractivity contribution in [1.82, 2.24) is 4.98 Å². The summed E-state index contributed by atoms with van der Waals surface area (Å²) < 4.78 is 34.0. The second kappa shape index (κ2) is 7.48. The molecule has 0 fully saturated rings. The van der Waals surface area contributed by atoms with Crippen LogP contribution in [-0.4, -0.2) is 23.7 Å². The van der Waals surface area contributed by atoms with Gasteiger partial charge in [-0.2, -0.15) is 14.3 Å². The predicted octanol–water partition coefficient (Wildman–Crippen LogP) is 2.22. The molecule has 0 saturated carbocycles. The van der Waals surface area contributed by atoms with Crippen LogP contribution in [0.1, 0.15) is 15.8 Å². The monoisotopic (exact) mass is 394 g/mol. The molecule has 1 atom stereocenters. The molecule has 26 heavy (non-hydrogen) atoms. The van der Waals surface area contributed by atoms with Crippen molar-refractivity contribution >= 4 is 37.5 Å². The van der Waals surface area contributed by atoms with E-state index in [1.807, 2.05) is 18.2 Å². The summed E-state index contributed by atoms with van der Waals surface area (Å²) in [4.78, 5) is 25.5. The number of aromatic nitrogens is 1. The fraction of sp³-hybridized carbons (Fsp3) is 0.125. The third kappa shape index (κ3) is 4.06. The van der Waals surface area contributed by atoms with Gasteiger partial charge in [0.1, 0.15) is 5.01 Å². The normalized spacial score (nSPS) is 12.8. The van der Waals surface area contributed by atoms with E-state index in [-0.39, 0.29) is 17.7 Å². The lowest BCUT2D eigenvalue weighted by molar-refractivity contribution is -0.211. The number of carbonyl (C=O) groups is 1. The van der Waals surface area contributed by atoms with E-state index in [2.05, 4.69) is 14.9 Å². The molecule has 10 heteroatoms. The van der Waals surface area contributed by atoms with E-state index in [9.17, 15) is 17.8 Å². The van der Waals surface area contributed by atoms with Crippen molar-refractivity contribution in [3.8, 4) is 5.75 Å². The lowest BCUT2D eigenvalue weighted by Crippen LogP contribution is -2.23. The highest BCUT2D eigenvalue weighted by atomic mass is 32.2. The Bertz CT molecular complexity index is 997. The predicted molar refractivity (Wildman–Crippen MR) is 95.0 cm³/mol. The molecular formula is C16H14N2O6S2. The third-order valence-electron chi connectivity index (χ3n) is 3.58. The highest BCUT2D eigenvalue weighted by molar-refractivity contribution is 7.86. The molecule has 0 aliphatic rings. The zero-order valence-electron chi connectivity index (χ0n) is 13.2. The first-order chi connectivity index (χ1) is 12.4. The van der Waals surface area contributed by atoms with Crippen molar-refractivity contribution in [3.63, 3.8) is 0 Å². The molecule has 0 aliphatic carbocycles. The summed E-state index contributed by atoms with van der Waals surface area (Å²) >= 11 is 1.30. The van der Waals surface area contributed by atoms with Gasteiger partial charge in [0.25, 0.3) is 10.1 Å². The average Bonchev–Trinajstić information content (AvgIpc) is 2.97. The fourth-order valence-corrected chi connectivity index (χ4v) is 4.41. The highest BCUT2D eigenvalue weighted by Crippen LogP contribution is 2.28. The van der Waals surface area contributed by atoms with Crippen LogP contribution < -0.4 is 10.8 Å². The van der Waals surface area contributed by atoms with Crippen molar-refractivity contribution in [3.05, 3.63) is 59.1 Å². The van der Waals surface area contributed by atoms with Gasteiger partial charge < -0.3 is 4.89 Å². The van der Waals surface area contributed by atoms with Crippen molar-refractivity contribution < 1.29 is 27.6 Å². The van der Waals surface area contributed by atoms with Gasteiger partial charge in [-0.15, -0.1) is 11.3 Å². The topological polar surface area (TPSA) is 129 Å². The van der Waals surface area contributed by atoms with Gasteiger partial charge in [-0.25, -0.2) is 4.98 Å². The number of para-hydroxylation sites is 1. The van der Waals surface area contributed by atoms with Crippen LogP contribution in [-0.2, 0) is 26.3 Å². The maximum Gasteiger partial charge on any atom is 0.279 e. The Hall–Kier alpha value is -2.37. The van der Waals surface area contributed by atoms with E-state index >= 15 is 0 Å². The van der Waals surface area contributed by atoms with Gasteiger partial charge in [0.05, 0.1) is 16.6 Å². The molecule has 0 aliphatic heterocycles. The van der Waals surface area contributed by atoms with Crippen LogP contribution in [0.5, 0.6) is 5.75 Å². The van der Waals surface area contributed by atoms with Crippen molar-refractivity contribution in [1.29, 1.82) is 0 Å². The van der Waals surface area contributed by atoms with E-state index in [0.717, 1.165) is 10.2 Å². The fourth-order valence-electron chi connectivity index (χ4n) is 2.51. The first-order valence-corrected chi connectivity index (χ1v) is 9.67. The van der Waals surface area contributed by atoms with Crippen molar-refractivity contribution in [2.24, 2.45) is 5.90 Å². The molecule has 0 bridgehead atoms.